The first-order valence-electron chi connectivity index (χ1n) is 6.93. The number of rotatable bonds is 5. The molecule has 0 fully saturated rings. The van der Waals surface area contributed by atoms with E-state index in [-0.39, 0.29) is 30.6 Å². The van der Waals surface area contributed by atoms with Crippen LogP contribution in [0.3, 0.4) is 0 Å². The Hall–Kier alpha value is -2.17. The molecule has 1 N–H and O–H groups in total. The number of carbonyl (C=O) groups excluding carboxylic acids is 1. The van der Waals surface area contributed by atoms with Gasteiger partial charge in [0.05, 0.1) is 18.7 Å². The summed E-state index contributed by atoms with van der Waals surface area (Å²) < 4.78 is 18.5. The SMILES string of the molecule is Cc1ccc(CC(=O)NCc2cc(C(C)C)no2)cc1F. The summed E-state index contributed by atoms with van der Waals surface area (Å²) in [6.07, 6.45) is 0.141. The minimum atomic E-state index is -0.294. The van der Waals surface area contributed by atoms with Gasteiger partial charge in [-0.1, -0.05) is 31.1 Å². The van der Waals surface area contributed by atoms with Gasteiger partial charge in [0.2, 0.25) is 5.91 Å². The first-order valence-corrected chi connectivity index (χ1v) is 6.93. The van der Waals surface area contributed by atoms with Gasteiger partial charge in [-0.25, -0.2) is 4.39 Å². The molecule has 0 atom stereocenters. The van der Waals surface area contributed by atoms with Crippen LogP contribution < -0.4 is 5.32 Å². The molecule has 2 aromatic rings. The minimum absolute atomic E-state index is 0.141. The van der Waals surface area contributed by atoms with Crippen LogP contribution in [-0.2, 0) is 17.8 Å². The topological polar surface area (TPSA) is 55.1 Å². The van der Waals surface area contributed by atoms with E-state index in [1.54, 1.807) is 19.1 Å². The van der Waals surface area contributed by atoms with Crippen molar-refractivity contribution < 1.29 is 13.7 Å². The number of carbonyl (C=O) groups is 1. The molecule has 0 radical (unpaired) electrons. The van der Waals surface area contributed by atoms with Gasteiger partial charge in [-0.3, -0.25) is 4.79 Å². The summed E-state index contributed by atoms with van der Waals surface area (Å²) in [6, 6.07) is 6.64. The second kappa shape index (κ2) is 6.52. The van der Waals surface area contributed by atoms with Crippen molar-refractivity contribution in [1.29, 1.82) is 0 Å². The fraction of sp³-hybridized carbons (Fsp3) is 0.375. The van der Waals surface area contributed by atoms with Crippen molar-refractivity contribution >= 4 is 5.91 Å². The van der Waals surface area contributed by atoms with E-state index in [1.165, 1.54) is 6.07 Å². The van der Waals surface area contributed by atoms with Crippen molar-refractivity contribution in [2.45, 2.75) is 39.7 Å². The Morgan fingerprint density at radius 2 is 2.14 bits per heavy atom. The molecule has 2 rings (SSSR count). The van der Waals surface area contributed by atoms with E-state index in [2.05, 4.69) is 10.5 Å². The Balaban J connectivity index is 1.88. The lowest BCUT2D eigenvalue weighted by Gasteiger charge is -2.04. The van der Waals surface area contributed by atoms with Crippen molar-refractivity contribution in [3.05, 3.63) is 52.7 Å². The molecule has 0 bridgehead atoms. The third-order valence-corrected chi connectivity index (χ3v) is 3.23. The zero-order valence-corrected chi connectivity index (χ0v) is 12.4. The van der Waals surface area contributed by atoms with Crippen LogP contribution in [0.15, 0.2) is 28.8 Å². The van der Waals surface area contributed by atoms with Gasteiger partial charge in [0.15, 0.2) is 5.76 Å². The minimum Gasteiger partial charge on any atom is -0.359 e. The molecule has 1 heterocycles. The molecule has 0 unspecified atom stereocenters. The zero-order chi connectivity index (χ0) is 15.4. The number of nitrogens with one attached hydrogen (secondary N) is 1. The molecule has 0 aliphatic heterocycles. The van der Waals surface area contributed by atoms with Crippen LogP contribution in [-0.4, -0.2) is 11.1 Å². The Morgan fingerprint density at radius 1 is 1.38 bits per heavy atom. The maximum absolute atomic E-state index is 13.4. The highest BCUT2D eigenvalue weighted by molar-refractivity contribution is 5.78. The number of nitrogens with zero attached hydrogens (tertiary/aromatic N) is 1. The molecule has 5 heteroatoms. The van der Waals surface area contributed by atoms with Gasteiger partial charge in [0, 0.05) is 6.07 Å². The van der Waals surface area contributed by atoms with E-state index < -0.39 is 0 Å². The van der Waals surface area contributed by atoms with Gasteiger partial charge in [-0.15, -0.1) is 0 Å². The number of aryl methyl sites for hydroxylation is 1. The Bertz CT molecular complexity index is 635. The maximum atomic E-state index is 13.4. The third-order valence-electron chi connectivity index (χ3n) is 3.23. The molecule has 1 aromatic heterocycles. The summed E-state index contributed by atoms with van der Waals surface area (Å²) in [4.78, 5) is 11.8. The second-order valence-corrected chi connectivity index (χ2v) is 5.41. The van der Waals surface area contributed by atoms with Gasteiger partial charge in [0.1, 0.15) is 5.82 Å². The van der Waals surface area contributed by atoms with Crippen LogP contribution >= 0.6 is 0 Å². The summed E-state index contributed by atoms with van der Waals surface area (Å²) in [5.41, 5.74) is 2.08. The number of benzene rings is 1. The highest BCUT2D eigenvalue weighted by Crippen LogP contribution is 2.14. The molecule has 4 nitrogen and oxygen atoms in total. The number of halogens is 1. The first-order chi connectivity index (χ1) is 9.95. The van der Waals surface area contributed by atoms with E-state index in [4.69, 9.17) is 4.52 Å². The lowest BCUT2D eigenvalue weighted by Crippen LogP contribution is -2.24. The Labute approximate surface area is 123 Å². The highest BCUT2D eigenvalue weighted by atomic mass is 19.1. The van der Waals surface area contributed by atoms with Gasteiger partial charge >= 0.3 is 0 Å². The molecular weight excluding hydrogens is 271 g/mol. The van der Waals surface area contributed by atoms with E-state index in [1.807, 2.05) is 19.9 Å². The summed E-state index contributed by atoms with van der Waals surface area (Å²) in [5.74, 6) is 0.425. The predicted octanol–water partition coefficient (Wildman–Crippen LogP) is 3.10. The first kappa shape index (κ1) is 15.2. The molecule has 1 amide bonds. The van der Waals surface area contributed by atoms with E-state index in [0.29, 0.717) is 16.9 Å². The average Bonchev–Trinajstić information content (AvgIpc) is 2.90. The van der Waals surface area contributed by atoms with E-state index in [0.717, 1.165) is 5.69 Å². The summed E-state index contributed by atoms with van der Waals surface area (Å²) in [7, 11) is 0. The molecule has 21 heavy (non-hydrogen) atoms. The lowest BCUT2D eigenvalue weighted by molar-refractivity contribution is -0.120. The summed E-state index contributed by atoms with van der Waals surface area (Å²) in [5, 5.41) is 6.66. The second-order valence-electron chi connectivity index (χ2n) is 5.41. The van der Waals surface area contributed by atoms with Crippen LogP contribution in [0.4, 0.5) is 4.39 Å². The Morgan fingerprint density at radius 3 is 2.76 bits per heavy atom. The lowest BCUT2D eigenvalue weighted by atomic mass is 10.1. The van der Waals surface area contributed by atoms with Gasteiger partial charge in [0.25, 0.3) is 0 Å². The molecule has 1 aromatic carbocycles. The molecule has 0 spiro atoms. The number of hydrogen-bond acceptors (Lipinski definition) is 3. The molecule has 112 valence electrons. The quantitative estimate of drug-likeness (QED) is 0.920. The summed E-state index contributed by atoms with van der Waals surface area (Å²) in [6.45, 7) is 6.01. The average molecular weight is 290 g/mol. The molecule has 0 aliphatic rings. The van der Waals surface area contributed by atoms with E-state index in [9.17, 15) is 9.18 Å². The van der Waals surface area contributed by atoms with Crippen LogP contribution in [0.2, 0.25) is 0 Å². The van der Waals surface area contributed by atoms with Crippen molar-refractivity contribution in [2.24, 2.45) is 0 Å². The fourth-order valence-corrected chi connectivity index (χ4v) is 1.86. The van der Waals surface area contributed by atoms with Crippen molar-refractivity contribution in [3.8, 4) is 0 Å². The van der Waals surface area contributed by atoms with Crippen molar-refractivity contribution in [3.63, 3.8) is 0 Å². The van der Waals surface area contributed by atoms with E-state index >= 15 is 0 Å². The molecule has 0 saturated heterocycles. The molecular formula is C16H19FN2O2. The number of aromatic nitrogens is 1. The fourth-order valence-electron chi connectivity index (χ4n) is 1.86. The Kier molecular flexibility index (Phi) is 4.73. The third kappa shape index (κ3) is 4.15. The predicted molar refractivity (Wildman–Crippen MR) is 77.3 cm³/mol. The molecule has 0 aliphatic carbocycles. The highest BCUT2D eigenvalue weighted by Gasteiger charge is 2.10. The maximum Gasteiger partial charge on any atom is 0.224 e. The number of hydrogen-bond donors (Lipinski definition) is 1. The van der Waals surface area contributed by atoms with Crippen molar-refractivity contribution in [1.82, 2.24) is 10.5 Å². The van der Waals surface area contributed by atoms with Crippen LogP contribution in [0.1, 0.15) is 42.3 Å². The largest absolute Gasteiger partial charge is 0.359 e. The van der Waals surface area contributed by atoms with Gasteiger partial charge in [-0.05, 0) is 30.0 Å². The summed E-state index contributed by atoms with van der Waals surface area (Å²) >= 11 is 0. The molecule has 0 saturated carbocycles. The zero-order valence-electron chi connectivity index (χ0n) is 12.4. The number of amides is 1. The van der Waals surface area contributed by atoms with Crippen LogP contribution in [0, 0.1) is 12.7 Å². The monoisotopic (exact) mass is 290 g/mol. The smallest absolute Gasteiger partial charge is 0.224 e. The van der Waals surface area contributed by atoms with Gasteiger partial charge < -0.3 is 9.84 Å². The standard InChI is InChI=1S/C16H19FN2O2/c1-10(2)15-8-13(21-19-15)9-18-16(20)7-12-5-4-11(3)14(17)6-12/h4-6,8,10H,7,9H2,1-3H3,(H,18,20). The van der Waals surface area contributed by atoms with Crippen molar-refractivity contribution in [2.75, 3.05) is 0 Å². The van der Waals surface area contributed by atoms with Crippen LogP contribution in [0.25, 0.3) is 0 Å². The van der Waals surface area contributed by atoms with Crippen LogP contribution in [0.5, 0.6) is 0 Å². The van der Waals surface area contributed by atoms with Gasteiger partial charge in [-0.2, -0.15) is 0 Å². The normalized spacial score (nSPS) is 10.9.